The molecule has 2 aromatic heterocycles. The van der Waals surface area contributed by atoms with Crippen molar-refractivity contribution in [3.63, 3.8) is 0 Å². The van der Waals surface area contributed by atoms with Crippen LogP contribution in [0.15, 0.2) is 43.2 Å². The predicted molar refractivity (Wildman–Crippen MR) is 153 cm³/mol. The summed E-state index contributed by atoms with van der Waals surface area (Å²) in [4.78, 5) is 28.5. The fraction of sp³-hybridized carbons (Fsp3) is 0.357. The van der Waals surface area contributed by atoms with E-state index in [0.29, 0.717) is 58.6 Å². The van der Waals surface area contributed by atoms with Crippen LogP contribution in [0, 0.1) is 0 Å². The van der Waals surface area contributed by atoms with Gasteiger partial charge >= 0.3 is 0 Å². The Kier molecular flexibility index (Phi) is 6.93. The van der Waals surface area contributed by atoms with E-state index in [2.05, 4.69) is 22.1 Å². The van der Waals surface area contributed by atoms with Gasteiger partial charge in [-0.3, -0.25) is 4.79 Å². The van der Waals surface area contributed by atoms with Crippen LogP contribution in [0.25, 0.3) is 11.3 Å². The van der Waals surface area contributed by atoms with Crippen molar-refractivity contribution in [2.45, 2.75) is 36.9 Å². The van der Waals surface area contributed by atoms with Crippen molar-refractivity contribution in [1.29, 1.82) is 0 Å². The number of halogens is 2. The highest BCUT2D eigenvalue weighted by Crippen LogP contribution is 2.64. The smallest absolute Gasteiger partial charge is 0.243 e. The van der Waals surface area contributed by atoms with Crippen LogP contribution in [0.4, 0.5) is 17.5 Å². The lowest BCUT2D eigenvalue weighted by Gasteiger charge is -2.40. The van der Waals surface area contributed by atoms with Gasteiger partial charge in [0.25, 0.3) is 0 Å². The summed E-state index contributed by atoms with van der Waals surface area (Å²) in [6, 6.07) is 5.15. The number of nitrogens with one attached hydrogen (secondary N) is 2. The predicted octanol–water partition coefficient (Wildman–Crippen LogP) is 4.88. The molecule has 0 unspecified atom stereocenters. The van der Waals surface area contributed by atoms with Gasteiger partial charge in [-0.15, -0.1) is 0 Å². The Balaban J connectivity index is 1.43. The molecule has 0 bridgehead atoms. The van der Waals surface area contributed by atoms with Crippen molar-refractivity contribution >= 4 is 46.6 Å². The van der Waals surface area contributed by atoms with Crippen LogP contribution in [0.2, 0.25) is 10.0 Å². The third-order valence-corrected chi connectivity index (χ3v) is 8.38. The molecule has 40 heavy (non-hydrogen) atoms. The summed E-state index contributed by atoms with van der Waals surface area (Å²) < 4.78 is 16.8. The third-order valence-electron chi connectivity index (χ3n) is 7.65. The van der Waals surface area contributed by atoms with E-state index in [1.807, 2.05) is 18.3 Å². The van der Waals surface area contributed by atoms with E-state index < -0.39 is 5.54 Å². The second kappa shape index (κ2) is 10.4. The lowest BCUT2D eigenvalue weighted by atomic mass is 9.92. The van der Waals surface area contributed by atoms with Gasteiger partial charge in [-0.05, 0) is 37.5 Å². The topological polar surface area (TPSA) is 111 Å². The molecule has 3 aromatic rings. The number of benzene rings is 1. The third kappa shape index (κ3) is 4.31. The molecule has 1 aromatic carbocycles. The number of methoxy groups -OCH3 is 2. The number of hydrogen-bond acceptors (Lipinski definition) is 9. The summed E-state index contributed by atoms with van der Waals surface area (Å²) in [6.45, 7) is 4.52. The molecule has 208 valence electrons. The van der Waals surface area contributed by atoms with Crippen molar-refractivity contribution in [3.8, 4) is 22.8 Å². The summed E-state index contributed by atoms with van der Waals surface area (Å²) >= 11 is 13.8. The van der Waals surface area contributed by atoms with Crippen molar-refractivity contribution in [1.82, 2.24) is 20.3 Å². The molecule has 0 radical (unpaired) electrons. The molecule has 2 aliphatic heterocycles. The Morgan fingerprint density at radius 1 is 1.20 bits per heavy atom. The van der Waals surface area contributed by atoms with Gasteiger partial charge in [-0.25, -0.2) is 15.0 Å². The van der Waals surface area contributed by atoms with Crippen molar-refractivity contribution in [2.24, 2.45) is 0 Å². The van der Waals surface area contributed by atoms with Gasteiger partial charge in [0.1, 0.15) is 27.4 Å². The number of fused-ring (bicyclic) bond motifs is 4. The van der Waals surface area contributed by atoms with Gasteiger partial charge in [-0.2, -0.15) is 0 Å². The van der Waals surface area contributed by atoms with E-state index in [9.17, 15) is 4.79 Å². The molecule has 1 spiro atoms. The molecule has 3 aliphatic rings. The molecule has 4 heterocycles. The Morgan fingerprint density at radius 2 is 1.95 bits per heavy atom. The molecule has 2 atom stereocenters. The van der Waals surface area contributed by atoms with Crippen LogP contribution < -0.4 is 25.0 Å². The number of ether oxygens (including phenoxy) is 3. The zero-order valence-electron chi connectivity index (χ0n) is 22.0. The highest BCUT2D eigenvalue weighted by atomic mass is 35.5. The van der Waals surface area contributed by atoms with E-state index in [-0.39, 0.29) is 18.0 Å². The molecule has 1 saturated heterocycles. The van der Waals surface area contributed by atoms with Gasteiger partial charge in [0, 0.05) is 36.2 Å². The van der Waals surface area contributed by atoms with E-state index in [1.165, 1.54) is 6.08 Å². The number of rotatable bonds is 7. The molecule has 1 aliphatic carbocycles. The molecule has 12 heteroatoms. The van der Waals surface area contributed by atoms with Crippen molar-refractivity contribution < 1.29 is 19.0 Å². The lowest BCUT2D eigenvalue weighted by molar-refractivity contribution is -0.117. The van der Waals surface area contributed by atoms with Gasteiger partial charge in [0.05, 0.1) is 49.8 Å². The van der Waals surface area contributed by atoms with Crippen LogP contribution in [0.5, 0.6) is 11.5 Å². The van der Waals surface area contributed by atoms with Gasteiger partial charge < -0.3 is 29.7 Å². The number of amides is 1. The van der Waals surface area contributed by atoms with E-state index in [0.717, 1.165) is 29.7 Å². The van der Waals surface area contributed by atoms with Crippen molar-refractivity contribution in [2.75, 3.05) is 37.7 Å². The van der Waals surface area contributed by atoms with Crippen LogP contribution in [-0.2, 0) is 15.1 Å². The minimum absolute atomic E-state index is 0.148. The second-order valence-electron chi connectivity index (χ2n) is 9.89. The number of hydrogen-bond donors (Lipinski definition) is 2. The minimum atomic E-state index is -0.492. The summed E-state index contributed by atoms with van der Waals surface area (Å²) in [5, 5.41) is 7.08. The number of carbonyl (C=O) groups is 1. The SMILES string of the molecule is C=CC(=O)N[C@H]1CCOC[C@H]1Nc1ncc2c(n1)-c1cccnc1N(c1c(Cl)c(OC)cc(OC)c1Cl)C21CC1. The minimum Gasteiger partial charge on any atom is -0.495 e. The average Bonchev–Trinajstić information content (AvgIpc) is 3.77. The normalized spacial score (nSPS) is 20.2. The summed E-state index contributed by atoms with van der Waals surface area (Å²) in [7, 11) is 3.10. The number of nitrogens with zero attached hydrogens (tertiary/aromatic N) is 4. The highest BCUT2D eigenvalue weighted by Gasteiger charge is 2.57. The maximum atomic E-state index is 12.0. The Hall–Kier alpha value is -3.60. The zero-order chi connectivity index (χ0) is 28.0. The van der Waals surface area contributed by atoms with Crippen LogP contribution in [0.3, 0.4) is 0 Å². The molecule has 10 nitrogen and oxygen atoms in total. The molecule has 1 saturated carbocycles. The lowest BCUT2D eigenvalue weighted by Crippen LogP contribution is -2.52. The first-order valence-corrected chi connectivity index (χ1v) is 13.7. The number of carbonyl (C=O) groups excluding carboxylic acids is 1. The van der Waals surface area contributed by atoms with Crippen molar-refractivity contribution in [3.05, 3.63) is 58.9 Å². The van der Waals surface area contributed by atoms with E-state index in [4.69, 9.17) is 52.4 Å². The Morgan fingerprint density at radius 3 is 2.62 bits per heavy atom. The Labute approximate surface area is 241 Å². The molecular weight excluding hydrogens is 555 g/mol. The summed E-state index contributed by atoms with van der Waals surface area (Å²) in [6.07, 6.45) is 7.16. The van der Waals surface area contributed by atoms with Gasteiger partial charge in [0.15, 0.2) is 0 Å². The fourth-order valence-corrected chi connectivity index (χ4v) is 6.21. The van der Waals surface area contributed by atoms with E-state index in [1.54, 1.807) is 26.5 Å². The number of aromatic nitrogens is 3. The second-order valence-corrected chi connectivity index (χ2v) is 10.6. The molecule has 1 amide bonds. The first-order chi connectivity index (χ1) is 19.4. The standard InChI is InChI=1S/C28H28Cl2N6O4/c1-4-21(37)33-17-7-11-40-14-18(17)34-27-32-13-16-24(35-27)15-6-5-10-31-26(15)36(28(16)8-9-28)25-22(29)19(38-2)12-20(39-3)23(25)30/h4-6,10,12-13,17-18H,1,7-9,11,14H2,2-3H3,(H,33,37)(H,32,34,35)/t17-,18+/m0/s1. The van der Waals surface area contributed by atoms with Gasteiger partial charge in [-0.1, -0.05) is 29.8 Å². The number of anilines is 3. The zero-order valence-corrected chi connectivity index (χ0v) is 23.6. The quantitative estimate of drug-likeness (QED) is 0.376. The van der Waals surface area contributed by atoms with Crippen LogP contribution >= 0.6 is 23.2 Å². The Bertz CT molecular complexity index is 1470. The first kappa shape index (κ1) is 26.6. The number of pyridine rings is 1. The first-order valence-electron chi connectivity index (χ1n) is 12.9. The fourth-order valence-electron chi connectivity index (χ4n) is 5.54. The van der Waals surface area contributed by atoms with Crippen LogP contribution in [-0.4, -0.2) is 60.4 Å². The molecule has 2 N–H and O–H groups in total. The highest BCUT2D eigenvalue weighted by molar-refractivity contribution is 6.41. The maximum absolute atomic E-state index is 12.0. The molecule has 2 fully saturated rings. The van der Waals surface area contributed by atoms with Gasteiger partial charge in [0.2, 0.25) is 11.9 Å². The molecular formula is C28H28Cl2N6O4. The van der Waals surface area contributed by atoms with E-state index >= 15 is 0 Å². The summed E-state index contributed by atoms with van der Waals surface area (Å²) in [5.41, 5.74) is 2.61. The average molecular weight is 583 g/mol. The molecule has 6 rings (SSSR count). The summed E-state index contributed by atoms with van der Waals surface area (Å²) in [5.74, 6) is 1.77. The maximum Gasteiger partial charge on any atom is 0.243 e. The van der Waals surface area contributed by atoms with Crippen LogP contribution in [0.1, 0.15) is 24.8 Å². The monoisotopic (exact) mass is 582 g/mol. The largest absolute Gasteiger partial charge is 0.495 e.